The lowest BCUT2D eigenvalue weighted by molar-refractivity contribution is -0.330. The molecule has 0 fully saturated rings. The summed E-state index contributed by atoms with van der Waals surface area (Å²) < 4.78 is 6.35. The van der Waals surface area contributed by atoms with E-state index in [2.05, 4.69) is 51.8 Å². The molecule has 0 heterocycles. The predicted octanol–water partition coefficient (Wildman–Crippen LogP) is 8.39. The number of azo groups is 1. The molecule has 1 rings (SSSR count). The Balaban J connectivity index is 2.86. The first-order valence-electron chi connectivity index (χ1n) is 12.0. The quantitative estimate of drug-likeness (QED) is 0.141. The molecule has 0 saturated heterocycles. The summed E-state index contributed by atoms with van der Waals surface area (Å²) in [6.45, 7) is 24.5. The highest BCUT2D eigenvalue weighted by atomic mass is 32.2. The maximum atomic E-state index is 12.5. The highest BCUT2D eigenvalue weighted by molar-refractivity contribution is 8.00. The molecule has 0 amide bonds. The third kappa shape index (κ3) is 14.0. The number of hydrogen-bond donors (Lipinski definition) is 0. The smallest absolute Gasteiger partial charge is 0.342 e. The second-order valence-electron chi connectivity index (χ2n) is 12.9. The average Bonchev–Trinajstić information content (AvgIpc) is 2.61. The molecule has 0 N–H and O–H groups in total. The molecular formula is C27H46N2O4S. The lowest BCUT2D eigenvalue weighted by atomic mass is 9.84. The topological polar surface area (TPSA) is 69.5 Å². The summed E-state index contributed by atoms with van der Waals surface area (Å²) in [7, 11) is 0. The third-order valence-corrected chi connectivity index (χ3v) is 5.38. The van der Waals surface area contributed by atoms with Crippen molar-refractivity contribution < 1.29 is 19.3 Å². The van der Waals surface area contributed by atoms with Crippen LogP contribution in [0.25, 0.3) is 0 Å². The van der Waals surface area contributed by atoms with Crippen molar-refractivity contribution in [1.82, 2.24) is 0 Å². The monoisotopic (exact) mass is 494 g/mol. The molecule has 0 radical (unpaired) electrons. The van der Waals surface area contributed by atoms with Gasteiger partial charge in [-0.2, -0.15) is 10.0 Å². The number of benzene rings is 1. The van der Waals surface area contributed by atoms with Crippen LogP contribution in [-0.4, -0.2) is 27.6 Å². The number of hydrogen-bond acceptors (Lipinski definition) is 7. The molecule has 1 atom stereocenters. The second kappa shape index (κ2) is 11.4. The molecule has 0 spiro atoms. The molecule has 0 aliphatic carbocycles. The normalized spacial score (nSPS) is 15.3. The Morgan fingerprint density at radius 3 is 1.88 bits per heavy atom. The van der Waals surface area contributed by atoms with Crippen LogP contribution in [0.5, 0.6) is 5.75 Å². The van der Waals surface area contributed by atoms with Crippen molar-refractivity contribution in [3.05, 3.63) is 24.3 Å². The number of ether oxygens (including phenoxy) is 1. The van der Waals surface area contributed by atoms with E-state index in [1.807, 2.05) is 65.8 Å². The van der Waals surface area contributed by atoms with E-state index in [0.29, 0.717) is 12.2 Å². The first-order chi connectivity index (χ1) is 15.2. The van der Waals surface area contributed by atoms with Crippen molar-refractivity contribution in [3.8, 4) is 5.75 Å². The standard InChI is InChI=1S/C27H46N2O4S/c1-23(2,3)19-26(10,11)33-32-22(30)17-18-27(12,29-28-24(4,5)6)31-20-13-15-21(16-14-20)34-25(7,8)9/h13-16H,17-19H2,1-12H3. The molecule has 1 aromatic carbocycles. The average molecular weight is 495 g/mol. The lowest BCUT2D eigenvalue weighted by Crippen LogP contribution is -2.33. The van der Waals surface area contributed by atoms with Crippen LogP contribution >= 0.6 is 11.8 Å². The minimum atomic E-state index is -1.02. The van der Waals surface area contributed by atoms with Gasteiger partial charge < -0.3 is 4.74 Å². The Morgan fingerprint density at radius 1 is 0.853 bits per heavy atom. The maximum absolute atomic E-state index is 12.5. The molecule has 1 unspecified atom stereocenters. The Bertz CT molecular complexity index is 815. The predicted molar refractivity (Wildman–Crippen MR) is 140 cm³/mol. The van der Waals surface area contributed by atoms with Crippen LogP contribution in [0.1, 0.15) is 102 Å². The van der Waals surface area contributed by atoms with Crippen molar-refractivity contribution in [2.24, 2.45) is 15.6 Å². The zero-order valence-corrected chi connectivity index (χ0v) is 24.2. The van der Waals surface area contributed by atoms with Crippen LogP contribution in [0, 0.1) is 5.41 Å². The van der Waals surface area contributed by atoms with Gasteiger partial charge in [0.25, 0.3) is 0 Å². The summed E-state index contributed by atoms with van der Waals surface area (Å²) in [6.07, 6.45) is 1.13. The number of rotatable bonds is 10. The summed E-state index contributed by atoms with van der Waals surface area (Å²) >= 11 is 1.79. The Morgan fingerprint density at radius 2 is 1.41 bits per heavy atom. The number of thioether (sulfide) groups is 1. The zero-order chi connectivity index (χ0) is 26.4. The van der Waals surface area contributed by atoms with Crippen LogP contribution < -0.4 is 4.74 Å². The molecule has 0 aliphatic rings. The molecule has 0 aromatic heterocycles. The fourth-order valence-electron chi connectivity index (χ4n) is 3.40. The van der Waals surface area contributed by atoms with Crippen LogP contribution in [0.3, 0.4) is 0 Å². The maximum Gasteiger partial charge on any atom is 0.342 e. The van der Waals surface area contributed by atoms with Crippen LogP contribution in [0.4, 0.5) is 0 Å². The summed E-state index contributed by atoms with van der Waals surface area (Å²) in [6, 6.07) is 7.92. The van der Waals surface area contributed by atoms with Gasteiger partial charge >= 0.3 is 5.97 Å². The van der Waals surface area contributed by atoms with Gasteiger partial charge in [0.1, 0.15) is 11.4 Å². The van der Waals surface area contributed by atoms with Gasteiger partial charge in [-0.15, -0.1) is 16.9 Å². The first kappa shape index (κ1) is 30.4. The Labute approximate surface area is 211 Å². The van der Waals surface area contributed by atoms with E-state index in [1.54, 1.807) is 11.8 Å². The highest BCUT2D eigenvalue weighted by Gasteiger charge is 2.31. The number of carbonyl (C=O) groups is 1. The van der Waals surface area contributed by atoms with Crippen molar-refractivity contribution in [3.63, 3.8) is 0 Å². The molecule has 7 heteroatoms. The Kier molecular flexibility index (Phi) is 10.2. The van der Waals surface area contributed by atoms with Gasteiger partial charge in [0, 0.05) is 16.1 Å². The molecule has 1 aromatic rings. The van der Waals surface area contributed by atoms with Crippen molar-refractivity contribution in [1.29, 1.82) is 0 Å². The molecule has 0 saturated carbocycles. The van der Waals surface area contributed by atoms with E-state index in [9.17, 15) is 4.79 Å². The lowest BCUT2D eigenvalue weighted by Gasteiger charge is -2.30. The van der Waals surface area contributed by atoms with Crippen molar-refractivity contribution in [2.75, 3.05) is 0 Å². The fraction of sp³-hybridized carbons (Fsp3) is 0.741. The van der Waals surface area contributed by atoms with Gasteiger partial charge in [-0.25, -0.2) is 4.79 Å². The van der Waals surface area contributed by atoms with E-state index in [4.69, 9.17) is 14.5 Å². The number of carbonyl (C=O) groups excluding carboxylic acids is 1. The minimum absolute atomic E-state index is 0.0522. The largest absolute Gasteiger partial charge is 0.465 e. The SMILES string of the molecule is CC(C)(C)CC(C)(C)OOC(=O)CCC(C)(N=NC(C)(C)C)Oc1ccc(SC(C)(C)C)cc1. The summed E-state index contributed by atoms with van der Waals surface area (Å²) in [5.74, 6) is 0.212. The van der Waals surface area contributed by atoms with E-state index >= 15 is 0 Å². The van der Waals surface area contributed by atoms with Gasteiger partial charge in [0.2, 0.25) is 5.72 Å². The summed E-state index contributed by atoms with van der Waals surface area (Å²) in [5, 5.41) is 8.89. The highest BCUT2D eigenvalue weighted by Crippen LogP contribution is 2.34. The molecule has 34 heavy (non-hydrogen) atoms. The van der Waals surface area contributed by atoms with Gasteiger partial charge in [0.15, 0.2) is 0 Å². The van der Waals surface area contributed by atoms with E-state index in [0.717, 1.165) is 11.3 Å². The van der Waals surface area contributed by atoms with Gasteiger partial charge in [-0.1, -0.05) is 41.5 Å². The van der Waals surface area contributed by atoms with Gasteiger partial charge in [0.05, 0.1) is 12.0 Å². The van der Waals surface area contributed by atoms with Crippen LogP contribution in [0.2, 0.25) is 0 Å². The summed E-state index contributed by atoms with van der Waals surface area (Å²) in [4.78, 5) is 24.2. The van der Waals surface area contributed by atoms with E-state index < -0.39 is 17.3 Å². The zero-order valence-electron chi connectivity index (χ0n) is 23.4. The van der Waals surface area contributed by atoms with Gasteiger partial charge in [-0.3, -0.25) is 4.89 Å². The fourth-order valence-corrected chi connectivity index (χ4v) is 4.38. The van der Waals surface area contributed by atoms with Crippen LogP contribution in [-0.2, 0) is 14.6 Å². The molecule has 194 valence electrons. The molecular weight excluding hydrogens is 448 g/mol. The van der Waals surface area contributed by atoms with Gasteiger partial charge in [-0.05, 0) is 77.6 Å². The first-order valence-corrected chi connectivity index (χ1v) is 12.8. The molecule has 6 nitrogen and oxygen atoms in total. The Hall–Kier alpha value is -1.60. The molecule has 0 aliphatic heterocycles. The van der Waals surface area contributed by atoms with E-state index in [1.165, 1.54) is 0 Å². The minimum Gasteiger partial charge on any atom is -0.465 e. The number of nitrogens with zero attached hydrogens (tertiary/aromatic N) is 2. The van der Waals surface area contributed by atoms with E-state index in [-0.39, 0.29) is 22.1 Å². The van der Waals surface area contributed by atoms with Crippen LogP contribution in [0.15, 0.2) is 39.4 Å². The summed E-state index contributed by atoms with van der Waals surface area (Å²) in [5.41, 5.74) is -1.91. The molecule has 0 bridgehead atoms. The van der Waals surface area contributed by atoms with Crippen molar-refractivity contribution >= 4 is 17.7 Å². The third-order valence-electron chi connectivity index (χ3n) is 4.26. The van der Waals surface area contributed by atoms with Crippen molar-refractivity contribution in [2.45, 2.75) is 129 Å². The second-order valence-corrected chi connectivity index (χ2v) is 14.8.